The SMILES string of the molecule is C[C@H](CNC(=O)c1ccc(N2CCOCC2)c(S(=O)(=O)N2CCOCC2)c1)c1ccccc1. The van der Waals surface area contributed by atoms with E-state index < -0.39 is 10.0 Å². The minimum absolute atomic E-state index is 0.138. The van der Waals surface area contributed by atoms with Crippen LogP contribution in [0.5, 0.6) is 0 Å². The molecule has 1 N–H and O–H groups in total. The first-order chi connectivity index (χ1) is 16.0. The van der Waals surface area contributed by atoms with E-state index in [4.69, 9.17) is 9.47 Å². The Bertz CT molecular complexity index is 1050. The van der Waals surface area contributed by atoms with E-state index in [1.807, 2.05) is 42.2 Å². The van der Waals surface area contributed by atoms with E-state index in [-0.39, 0.29) is 16.7 Å². The lowest BCUT2D eigenvalue weighted by atomic mass is 10.0. The predicted molar refractivity (Wildman–Crippen MR) is 126 cm³/mol. The van der Waals surface area contributed by atoms with Crippen LogP contribution in [0.3, 0.4) is 0 Å². The zero-order valence-electron chi connectivity index (χ0n) is 18.9. The van der Waals surface area contributed by atoms with Gasteiger partial charge in [-0.05, 0) is 29.7 Å². The quantitative estimate of drug-likeness (QED) is 0.663. The highest BCUT2D eigenvalue weighted by molar-refractivity contribution is 7.89. The molecule has 1 atom stereocenters. The molecule has 0 radical (unpaired) electrons. The number of sulfonamides is 1. The third kappa shape index (κ3) is 5.55. The largest absolute Gasteiger partial charge is 0.379 e. The van der Waals surface area contributed by atoms with Crippen LogP contribution in [0.4, 0.5) is 5.69 Å². The maximum absolute atomic E-state index is 13.6. The Hall–Kier alpha value is -2.46. The molecule has 0 aliphatic carbocycles. The highest BCUT2D eigenvalue weighted by Gasteiger charge is 2.31. The van der Waals surface area contributed by atoms with Crippen LogP contribution in [0, 0.1) is 0 Å². The molecule has 0 bridgehead atoms. The molecule has 33 heavy (non-hydrogen) atoms. The van der Waals surface area contributed by atoms with Gasteiger partial charge in [-0.15, -0.1) is 0 Å². The van der Waals surface area contributed by atoms with Gasteiger partial charge in [0.05, 0.1) is 32.1 Å². The van der Waals surface area contributed by atoms with Crippen molar-refractivity contribution in [1.82, 2.24) is 9.62 Å². The number of carbonyl (C=O) groups is 1. The summed E-state index contributed by atoms with van der Waals surface area (Å²) >= 11 is 0. The molecule has 2 saturated heterocycles. The first-order valence-corrected chi connectivity index (χ1v) is 12.8. The molecule has 8 nitrogen and oxygen atoms in total. The molecule has 2 aromatic rings. The second-order valence-corrected chi connectivity index (χ2v) is 10.2. The van der Waals surface area contributed by atoms with Crippen molar-refractivity contribution >= 4 is 21.6 Å². The van der Waals surface area contributed by atoms with Crippen molar-refractivity contribution in [3.05, 3.63) is 59.7 Å². The maximum Gasteiger partial charge on any atom is 0.251 e. The Kier molecular flexibility index (Phi) is 7.64. The third-order valence-electron chi connectivity index (χ3n) is 6.10. The van der Waals surface area contributed by atoms with Crippen molar-refractivity contribution in [2.45, 2.75) is 17.7 Å². The molecule has 2 aliphatic rings. The average Bonchev–Trinajstić information content (AvgIpc) is 2.88. The summed E-state index contributed by atoms with van der Waals surface area (Å²) in [4.78, 5) is 15.1. The van der Waals surface area contributed by atoms with Crippen molar-refractivity contribution in [3.63, 3.8) is 0 Å². The van der Waals surface area contributed by atoms with Crippen LogP contribution in [0.25, 0.3) is 0 Å². The monoisotopic (exact) mass is 473 g/mol. The van der Waals surface area contributed by atoms with Gasteiger partial charge in [0, 0.05) is 38.3 Å². The van der Waals surface area contributed by atoms with Crippen molar-refractivity contribution in [2.24, 2.45) is 0 Å². The summed E-state index contributed by atoms with van der Waals surface area (Å²) in [7, 11) is -3.78. The minimum atomic E-state index is -3.78. The second kappa shape index (κ2) is 10.6. The molecule has 0 spiro atoms. The standard InChI is InChI=1S/C24H31N3O5S/c1-19(20-5-3-2-4-6-20)18-25-24(28)21-7-8-22(26-9-13-31-14-10-26)23(17-21)33(29,30)27-11-15-32-16-12-27/h2-8,17,19H,9-16,18H2,1H3,(H,25,28)/t19-/m1/s1. The number of nitrogens with zero attached hydrogens (tertiary/aromatic N) is 2. The van der Waals surface area contributed by atoms with Gasteiger partial charge in [-0.1, -0.05) is 37.3 Å². The zero-order valence-corrected chi connectivity index (χ0v) is 19.7. The number of amides is 1. The van der Waals surface area contributed by atoms with E-state index in [0.29, 0.717) is 70.4 Å². The number of morpholine rings is 2. The molecular formula is C24H31N3O5S. The van der Waals surface area contributed by atoms with Crippen LogP contribution < -0.4 is 10.2 Å². The highest BCUT2D eigenvalue weighted by Crippen LogP contribution is 2.30. The molecule has 1 amide bonds. The van der Waals surface area contributed by atoms with E-state index in [1.165, 1.54) is 10.4 Å². The Morgan fingerprint density at radius 2 is 1.61 bits per heavy atom. The summed E-state index contributed by atoms with van der Waals surface area (Å²) in [6, 6.07) is 14.9. The number of benzene rings is 2. The molecule has 0 unspecified atom stereocenters. The molecule has 9 heteroatoms. The second-order valence-electron chi connectivity index (χ2n) is 8.32. The van der Waals surface area contributed by atoms with Gasteiger partial charge < -0.3 is 19.7 Å². The lowest BCUT2D eigenvalue weighted by Crippen LogP contribution is -2.42. The van der Waals surface area contributed by atoms with E-state index in [2.05, 4.69) is 5.32 Å². The number of hydrogen-bond acceptors (Lipinski definition) is 6. The number of nitrogens with one attached hydrogen (secondary N) is 1. The van der Waals surface area contributed by atoms with Gasteiger partial charge in [0.15, 0.2) is 0 Å². The Labute approximate surface area is 195 Å². The van der Waals surface area contributed by atoms with Crippen molar-refractivity contribution in [2.75, 3.05) is 64.1 Å². The summed E-state index contributed by atoms with van der Waals surface area (Å²) in [6.45, 7) is 6.12. The first-order valence-electron chi connectivity index (χ1n) is 11.3. The normalized spacial score (nSPS) is 18.6. The third-order valence-corrected chi connectivity index (χ3v) is 8.03. The molecule has 2 fully saturated rings. The van der Waals surface area contributed by atoms with Crippen LogP contribution >= 0.6 is 0 Å². The maximum atomic E-state index is 13.6. The summed E-state index contributed by atoms with van der Waals surface area (Å²) < 4.78 is 39.3. The smallest absolute Gasteiger partial charge is 0.251 e. The average molecular weight is 474 g/mol. The molecular weight excluding hydrogens is 442 g/mol. The Balaban J connectivity index is 1.58. The van der Waals surface area contributed by atoms with Crippen LogP contribution in [0.1, 0.15) is 28.8 Å². The number of ether oxygens (including phenoxy) is 2. The van der Waals surface area contributed by atoms with Crippen LogP contribution in [0.15, 0.2) is 53.4 Å². The molecule has 4 rings (SSSR count). The number of rotatable bonds is 7. The van der Waals surface area contributed by atoms with E-state index in [1.54, 1.807) is 12.1 Å². The Morgan fingerprint density at radius 3 is 2.27 bits per heavy atom. The van der Waals surface area contributed by atoms with E-state index >= 15 is 0 Å². The fourth-order valence-electron chi connectivity index (χ4n) is 4.10. The van der Waals surface area contributed by atoms with Crippen LogP contribution in [-0.2, 0) is 19.5 Å². The molecule has 0 aromatic heterocycles. The fraction of sp³-hybridized carbons (Fsp3) is 0.458. The van der Waals surface area contributed by atoms with Crippen molar-refractivity contribution in [3.8, 4) is 0 Å². The molecule has 178 valence electrons. The molecule has 2 aliphatic heterocycles. The summed E-state index contributed by atoms with van der Waals surface area (Å²) in [5, 5.41) is 2.95. The van der Waals surface area contributed by atoms with Gasteiger partial charge in [0.2, 0.25) is 10.0 Å². The molecule has 0 saturated carbocycles. The number of carbonyl (C=O) groups excluding carboxylic acids is 1. The van der Waals surface area contributed by atoms with Crippen molar-refractivity contribution in [1.29, 1.82) is 0 Å². The van der Waals surface area contributed by atoms with Crippen LogP contribution in [0.2, 0.25) is 0 Å². The van der Waals surface area contributed by atoms with Gasteiger partial charge in [0.25, 0.3) is 5.91 Å². The van der Waals surface area contributed by atoms with Gasteiger partial charge >= 0.3 is 0 Å². The zero-order chi connectivity index (χ0) is 23.3. The number of hydrogen-bond donors (Lipinski definition) is 1. The lowest BCUT2D eigenvalue weighted by molar-refractivity contribution is 0.0730. The molecule has 2 heterocycles. The van der Waals surface area contributed by atoms with E-state index in [0.717, 1.165) is 5.56 Å². The van der Waals surface area contributed by atoms with Gasteiger partial charge in [-0.2, -0.15) is 4.31 Å². The number of anilines is 1. The predicted octanol–water partition coefficient (Wildman–Crippen LogP) is 2.08. The summed E-state index contributed by atoms with van der Waals surface area (Å²) in [5.41, 5.74) is 2.08. The van der Waals surface area contributed by atoms with Gasteiger partial charge in [-0.25, -0.2) is 8.42 Å². The van der Waals surface area contributed by atoms with E-state index in [9.17, 15) is 13.2 Å². The van der Waals surface area contributed by atoms with Gasteiger partial charge in [0.1, 0.15) is 4.90 Å². The molecule has 2 aromatic carbocycles. The fourth-order valence-corrected chi connectivity index (χ4v) is 5.75. The minimum Gasteiger partial charge on any atom is -0.379 e. The van der Waals surface area contributed by atoms with Crippen LogP contribution in [-0.4, -0.2) is 77.8 Å². The lowest BCUT2D eigenvalue weighted by Gasteiger charge is -2.32. The topological polar surface area (TPSA) is 88.2 Å². The first kappa shape index (κ1) is 23.7. The highest BCUT2D eigenvalue weighted by atomic mass is 32.2. The Morgan fingerprint density at radius 1 is 0.970 bits per heavy atom. The van der Waals surface area contributed by atoms with Crippen molar-refractivity contribution < 1.29 is 22.7 Å². The summed E-state index contributed by atoms with van der Waals surface area (Å²) in [6.07, 6.45) is 0. The summed E-state index contributed by atoms with van der Waals surface area (Å²) in [5.74, 6) is -0.149. The van der Waals surface area contributed by atoms with Gasteiger partial charge in [-0.3, -0.25) is 4.79 Å².